The highest BCUT2D eigenvalue weighted by molar-refractivity contribution is 5.87. The molecule has 0 atom stereocenters. The summed E-state index contributed by atoms with van der Waals surface area (Å²) in [5.41, 5.74) is 0.335. The second-order valence-corrected chi connectivity index (χ2v) is 3.05. The van der Waals surface area contributed by atoms with Crippen LogP contribution in [-0.4, -0.2) is 22.0 Å². The molecule has 1 aliphatic rings. The number of esters is 1. The monoisotopic (exact) mass is 178 g/mol. The summed E-state index contributed by atoms with van der Waals surface area (Å²) in [5.74, 6) is -0.341. The Kier molecular flexibility index (Phi) is 2.21. The van der Waals surface area contributed by atoms with Gasteiger partial charge in [0.15, 0.2) is 5.69 Å². The van der Waals surface area contributed by atoms with Crippen LogP contribution in [0.15, 0.2) is 18.6 Å². The van der Waals surface area contributed by atoms with Gasteiger partial charge in [-0.25, -0.2) is 14.8 Å². The Morgan fingerprint density at radius 1 is 1.54 bits per heavy atom. The van der Waals surface area contributed by atoms with E-state index in [-0.39, 0.29) is 12.1 Å². The lowest BCUT2D eigenvalue weighted by molar-refractivity contribution is 0.00835. The van der Waals surface area contributed by atoms with Crippen LogP contribution in [-0.2, 0) is 4.74 Å². The van der Waals surface area contributed by atoms with Crippen molar-refractivity contribution in [2.45, 2.75) is 25.4 Å². The summed E-state index contributed by atoms with van der Waals surface area (Å²) in [6, 6.07) is 1.56. The van der Waals surface area contributed by atoms with Gasteiger partial charge in [-0.15, -0.1) is 0 Å². The van der Waals surface area contributed by atoms with Crippen molar-refractivity contribution in [2.75, 3.05) is 0 Å². The average Bonchev–Trinajstić information content (AvgIpc) is 2.12. The SMILES string of the molecule is O=C(OC1CCC1)c1ccncn1. The highest BCUT2D eigenvalue weighted by Crippen LogP contribution is 2.22. The van der Waals surface area contributed by atoms with Crippen molar-refractivity contribution >= 4 is 5.97 Å². The van der Waals surface area contributed by atoms with Gasteiger partial charge in [0, 0.05) is 6.20 Å². The van der Waals surface area contributed by atoms with Crippen LogP contribution in [0.5, 0.6) is 0 Å². The van der Waals surface area contributed by atoms with E-state index >= 15 is 0 Å². The van der Waals surface area contributed by atoms with Crippen molar-refractivity contribution < 1.29 is 9.53 Å². The van der Waals surface area contributed by atoms with Gasteiger partial charge in [-0.1, -0.05) is 0 Å². The smallest absolute Gasteiger partial charge is 0.357 e. The molecule has 1 aliphatic carbocycles. The first-order chi connectivity index (χ1) is 6.36. The van der Waals surface area contributed by atoms with Gasteiger partial charge in [0.25, 0.3) is 0 Å². The second-order valence-electron chi connectivity index (χ2n) is 3.05. The third kappa shape index (κ3) is 1.83. The lowest BCUT2D eigenvalue weighted by Gasteiger charge is -2.24. The Bertz CT molecular complexity index is 296. The molecule has 1 aromatic heterocycles. The summed E-state index contributed by atoms with van der Waals surface area (Å²) in [4.78, 5) is 18.9. The number of nitrogens with zero attached hydrogens (tertiary/aromatic N) is 2. The maximum atomic E-state index is 11.3. The number of ether oxygens (including phenoxy) is 1. The number of rotatable bonds is 2. The molecule has 1 fully saturated rings. The van der Waals surface area contributed by atoms with Crippen molar-refractivity contribution in [3.63, 3.8) is 0 Å². The Morgan fingerprint density at radius 3 is 2.92 bits per heavy atom. The molecule has 0 unspecified atom stereocenters. The number of carbonyl (C=O) groups is 1. The molecule has 4 heteroatoms. The van der Waals surface area contributed by atoms with E-state index < -0.39 is 0 Å². The zero-order chi connectivity index (χ0) is 9.10. The molecule has 68 valence electrons. The van der Waals surface area contributed by atoms with Gasteiger partial charge < -0.3 is 4.74 Å². The average molecular weight is 178 g/mol. The highest BCUT2D eigenvalue weighted by Gasteiger charge is 2.22. The van der Waals surface area contributed by atoms with Crippen LogP contribution in [0.25, 0.3) is 0 Å². The fourth-order valence-corrected chi connectivity index (χ4v) is 1.11. The molecule has 0 bridgehead atoms. The van der Waals surface area contributed by atoms with Crippen LogP contribution in [0.1, 0.15) is 29.8 Å². The number of carbonyl (C=O) groups excluding carboxylic acids is 1. The summed E-state index contributed by atoms with van der Waals surface area (Å²) in [6.07, 6.45) is 6.11. The highest BCUT2D eigenvalue weighted by atomic mass is 16.5. The predicted octanol–water partition coefficient (Wildman–Crippen LogP) is 1.19. The summed E-state index contributed by atoms with van der Waals surface area (Å²) in [6.45, 7) is 0. The van der Waals surface area contributed by atoms with E-state index in [9.17, 15) is 4.79 Å². The number of hydrogen-bond acceptors (Lipinski definition) is 4. The summed E-state index contributed by atoms with van der Waals surface area (Å²) in [5, 5.41) is 0. The maximum absolute atomic E-state index is 11.3. The van der Waals surface area contributed by atoms with Gasteiger partial charge in [0.05, 0.1) is 0 Å². The fraction of sp³-hybridized carbons (Fsp3) is 0.444. The van der Waals surface area contributed by atoms with Crippen molar-refractivity contribution in [2.24, 2.45) is 0 Å². The van der Waals surface area contributed by atoms with Gasteiger partial charge in [-0.3, -0.25) is 0 Å². The first kappa shape index (κ1) is 8.16. The summed E-state index contributed by atoms with van der Waals surface area (Å²) >= 11 is 0. The molecular formula is C9H10N2O2. The molecule has 0 aromatic carbocycles. The lowest BCUT2D eigenvalue weighted by atomic mass is 9.96. The zero-order valence-electron chi connectivity index (χ0n) is 7.14. The van der Waals surface area contributed by atoms with E-state index in [2.05, 4.69) is 9.97 Å². The first-order valence-electron chi connectivity index (χ1n) is 4.33. The molecule has 1 aromatic rings. The van der Waals surface area contributed by atoms with Gasteiger partial charge in [-0.05, 0) is 25.3 Å². The molecule has 0 saturated heterocycles. The minimum atomic E-state index is -0.341. The molecular weight excluding hydrogens is 168 g/mol. The van der Waals surface area contributed by atoms with E-state index in [1.54, 1.807) is 6.07 Å². The maximum Gasteiger partial charge on any atom is 0.357 e. The molecule has 0 radical (unpaired) electrons. The molecule has 1 saturated carbocycles. The molecule has 0 amide bonds. The number of aromatic nitrogens is 2. The molecule has 4 nitrogen and oxygen atoms in total. The van der Waals surface area contributed by atoms with Gasteiger partial charge in [0.2, 0.25) is 0 Å². The van der Waals surface area contributed by atoms with Crippen LogP contribution >= 0.6 is 0 Å². The first-order valence-corrected chi connectivity index (χ1v) is 4.33. The quantitative estimate of drug-likeness (QED) is 0.638. The van der Waals surface area contributed by atoms with Crippen molar-refractivity contribution in [3.8, 4) is 0 Å². The van der Waals surface area contributed by atoms with Crippen LogP contribution in [0.2, 0.25) is 0 Å². The Morgan fingerprint density at radius 2 is 2.38 bits per heavy atom. The van der Waals surface area contributed by atoms with E-state index in [1.807, 2.05) is 0 Å². The lowest BCUT2D eigenvalue weighted by Crippen LogP contribution is -2.25. The van der Waals surface area contributed by atoms with Gasteiger partial charge in [-0.2, -0.15) is 0 Å². The molecule has 0 aliphatic heterocycles. The van der Waals surface area contributed by atoms with E-state index in [0.29, 0.717) is 5.69 Å². The van der Waals surface area contributed by atoms with E-state index in [0.717, 1.165) is 19.3 Å². The standard InChI is InChI=1S/C9H10N2O2/c12-9(13-7-2-1-3-7)8-4-5-10-6-11-8/h4-7H,1-3H2. The number of hydrogen-bond donors (Lipinski definition) is 0. The third-order valence-electron chi connectivity index (χ3n) is 2.12. The predicted molar refractivity (Wildman–Crippen MR) is 45.1 cm³/mol. The van der Waals surface area contributed by atoms with Gasteiger partial charge in [0.1, 0.15) is 12.4 Å². The van der Waals surface area contributed by atoms with Crippen LogP contribution in [0.3, 0.4) is 0 Å². The molecule has 1 heterocycles. The zero-order valence-corrected chi connectivity index (χ0v) is 7.14. The molecule has 2 rings (SSSR count). The minimum absolute atomic E-state index is 0.113. The van der Waals surface area contributed by atoms with Crippen molar-refractivity contribution in [1.29, 1.82) is 0 Å². The second kappa shape index (κ2) is 3.51. The summed E-state index contributed by atoms with van der Waals surface area (Å²) < 4.78 is 5.14. The topological polar surface area (TPSA) is 52.1 Å². The minimum Gasteiger partial charge on any atom is -0.458 e. The van der Waals surface area contributed by atoms with Crippen LogP contribution in [0.4, 0.5) is 0 Å². The van der Waals surface area contributed by atoms with E-state index in [4.69, 9.17) is 4.74 Å². The van der Waals surface area contributed by atoms with Crippen LogP contribution < -0.4 is 0 Å². The van der Waals surface area contributed by atoms with Crippen LogP contribution in [0, 0.1) is 0 Å². The van der Waals surface area contributed by atoms with Crippen molar-refractivity contribution in [3.05, 3.63) is 24.3 Å². The molecule has 13 heavy (non-hydrogen) atoms. The third-order valence-corrected chi connectivity index (χ3v) is 2.12. The largest absolute Gasteiger partial charge is 0.458 e. The Hall–Kier alpha value is -1.45. The van der Waals surface area contributed by atoms with Crippen molar-refractivity contribution in [1.82, 2.24) is 9.97 Å². The fourth-order valence-electron chi connectivity index (χ4n) is 1.11. The molecule has 0 spiro atoms. The Balaban J connectivity index is 1.97. The normalized spacial score (nSPS) is 16.3. The van der Waals surface area contributed by atoms with Gasteiger partial charge >= 0.3 is 5.97 Å². The van der Waals surface area contributed by atoms with E-state index in [1.165, 1.54) is 12.5 Å². The Labute approximate surface area is 76.0 Å². The summed E-state index contributed by atoms with van der Waals surface area (Å²) in [7, 11) is 0. The molecule has 0 N–H and O–H groups in total.